The number of hydrogen-bond acceptors (Lipinski definition) is 22. The first-order valence-electron chi connectivity index (χ1n) is 16.2. The van der Waals surface area contributed by atoms with Crippen molar-refractivity contribution < 1.29 is 75.5 Å². The molecule has 0 amide bonds. The van der Waals surface area contributed by atoms with E-state index in [1.807, 2.05) is 0 Å². The van der Waals surface area contributed by atoms with E-state index in [1.54, 1.807) is 4.90 Å². The maximum atomic E-state index is 10.3. The number of rotatable bonds is 12. The molecule has 12 N–H and O–H groups in total. The van der Waals surface area contributed by atoms with Crippen LogP contribution in [0.3, 0.4) is 0 Å². The number of aromatic nitrogens is 9. The summed E-state index contributed by atoms with van der Waals surface area (Å²) >= 11 is 0. The van der Waals surface area contributed by atoms with Crippen LogP contribution in [0.1, 0.15) is 17.1 Å². The van der Waals surface area contributed by atoms with Gasteiger partial charge in [-0.05, 0) is 0 Å². The van der Waals surface area contributed by atoms with Crippen LogP contribution >= 0.6 is 0 Å². The topological polar surface area (TPSA) is 366 Å². The maximum Gasteiger partial charge on any atom is 0.184 e. The fourth-order valence-corrected chi connectivity index (χ4v) is 6.15. The predicted octanol–water partition coefficient (Wildman–Crippen LogP) is -8.94. The number of aliphatic hydroxyl groups excluding tert-OH is 12. The number of hydrogen-bond donors (Lipinski definition) is 12. The molecule has 0 bridgehead atoms. The Balaban J connectivity index is 1.15. The van der Waals surface area contributed by atoms with Gasteiger partial charge in [-0.1, -0.05) is 15.6 Å². The highest BCUT2D eigenvalue weighted by Crippen LogP contribution is 2.24. The summed E-state index contributed by atoms with van der Waals surface area (Å²) in [6.07, 6.45) is -18.6. The highest BCUT2D eigenvalue weighted by Gasteiger charge is 2.45. The van der Waals surface area contributed by atoms with Gasteiger partial charge in [0.15, 0.2) is 18.9 Å². The van der Waals surface area contributed by atoms with Gasteiger partial charge in [-0.3, -0.25) is 4.90 Å². The van der Waals surface area contributed by atoms with Crippen LogP contribution in [0.5, 0.6) is 0 Å². The van der Waals surface area contributed by atoms with Gasteiger partial charge >= 0.3 is 0 Å². The zero-order valence-corrected chi connectivity index (χ0v) is 27.2. The summed E-state index contributed by atoms with van der Waals surface area (Å²) in [5.74, 6) is 0. The summed E-state index contributed by atoms with van der Waals surface area (Å²) in [6, 6.07) is 0. The summed E-state index contributed by atoms with van der Waals surface area (Å²) in [5, 5.41) is 145. The Morgan fingerprint density at radius 3 is 0.962 bits per heavy atom. The fraction of sp³-hybridized carbons (Fsp3) is 0.778. The summed E-state index contributed by atoms with van der Waals surface area (Å²) in [4.78, 5) is 1.80. The Hall–Kier alpha value is -3.22. The van der Waals surface area contributed by atoms with Gasteiger partial charge in [-0.25, -0.2) is 14.0 Å². The zero-order valence-electron chi connectivity index (χ0n) is 27.2. The molecule has 3 aliphatic rings. The SMILES string of the molecule is OC1OC(Cn2cc(CN(Cc3cn(CC4OC(O)C(O)C(O)C4O)nn3)Cc3cn(CC4OC(O)C(O)C(O)C4O)nn3)nn2)C(O)C(O)C1O. The van der Waals surface area contributed by atoms with Crippen molar-refractivity contribution in [3.63, 3.8) is 0 Å². The van der Waals surface area contributed by atoms with Gasteiger partial charge in [0.2, 0.25) is 0 Å². The summed E-state index contributed by atoms with van der Waals surface area (Å²) in [5.41, 5.74) is 1.23. The Labute approximate surface area is 292 Å². The minimum Gasteiger partial charge on any atom is -0.388 e. The normalized spacial score (nSPS) is 38.6. The van der Waals surface area contributed by atoms with Gasteiger partial charge in [0.1, 0.15) is 73.2 Å². The van der Waals surface area contributed by atoms with Crippen LogP contribution in [-0.2, 0) is 53.5 Å². The lowest BCUT2D eigenvalue weighted by atomic mass is 9.99. The molecule has 15 unspecified atom stereocenters. The molecule has 0 spiro atoms. The average molecular weight is 747 g/mol. The van der Waals surface area contributed by atoms with E-state index in [0.29, 0.717) is 17.1 Å². The molecule has 15 atom stereocenters. The molecule has 0 saturated carbocycles. The van der Waals surface area contributed by atoms with Crippen molar-refractivity contribution in [1.82, 2.24) is 49.9 Å². The van der Waals surface area contributed by atoms with Crippen molar-refractivity contribution in [2.24, 2.45) is 0 Å². The van der Waals surface area contributed by atoms with Gasteiger partial charge in [-0.2, -0.15) is 0 Å². The minimum atomic E-state index is -1.73. The molecule has 52 heavy (non-hydrogen) atoms. The molecular weight excluding hydrogens is 704 g/mol. The summed E-state index contributed by atoms with van der Waals surface area (Å²) < 4.78 is 19.6. The largest absolute Gasteiger partial charge is 0.388 e. The van der Waals surface area contributed by atoms with Crippen LogP contribution in [0, 0.1) is 0 Å². The first-order valence-corrected chi connectivity index (χ1v) is 16.2. The summed E-state index contributed by atoms with van der Waals surface area (Å²) in [7, 11) is 0. The van der Waals surface area contributed by atoms with Crippen LogP contribution in [0.25, 0.3) is 0 Å². The molecule has 290 valence electrons. The first kappa shape index (κ1) is 38.5. The van der Waals surface area contributed by atoms with Crippen molar-refractivity contribution in [1.29, 1.82) is 0 Å². The van der Waals surface area contributed by atoms with Crippen LogP contribution in [-0.4, -0.2) is 203 Å². The lowest BCUT2D eigenvalue weighted by Gasteiger charge is -2.38. The lowest BCUT2D eigenvalue weighted by Crippen LogP contribution is -2.58. The van der Waals surface area contributed by atoms with E-state index in [-0.39, 0.29) is 39.3 Å². The molecule has 3 fully saturated rings. The molecule has 3 aromatic rings. The first-order chi connectivity index (χ1) is 24.7. The third-order valence-electron chi connectivity index (χ3n) is 9.08. The molecule has 25 heteroatoms. The molecule has 3 aromatic heterocycles. The number of ether oxygens (including phenoxy) is 3. The molecular formula is C27H42N10O15. The smallest absolute Gasteiger partial charge is 0.184 e. The summed E-state index contributed by atoms with van der Waals surface area (Å²) in [6.45, 7) is -0.0777. The second kappa shape index (κ2) is 16.0. The Morgan fingerprint density at radius 1 is 0.423 bits per heavy atom. The minimum absolute atomic E-state index is 0.110. The molecule has 0 aliphatic carbocycles. The maximum absolute atomic E-state index is 10.3. The van der Waals surface area contributed by atoms with E-state index in [1.165, 1.54) is 32.6 Å². The zero-order chi connectivity index (χ0) is 37.4. The number of nitrogens with zero attached hydrogens (tertiary/aromatic N) is 10. The van der Waals surface area contributed by atoms with Gasteiger partial charge < -0.3 is 75.5 Å². The van der Waals surface area contributed by atoms with E-state index in [0.717, 1.165) is 0 Å². The molecule has 3 aliphatic heterocycles. The Bertz CT molecular complexity index is 1420. The molecule has 25 nitrogen and oxygen atoms in total. The molecule has 0 aromatic carbocycles. The van der Waals surface area contributed by atoms with Crippen molar-refractivity contribution >= 4 is 0 Å². The van der Waals surface area contributed by atoms with Crippen molar-refractivity contribution in [2.45, 2.75) is 131 Å². The highest BCUT2D eigenvalue weighted by atomic mass is 16.6. The van der Waals surface area contributed by atoms with E-state index >= 15 is 0 Å². The molecule has 3 saturated heterocycles. The lowest BCUT2D eigenvalue weighted by molar-refractivity contribution is -0.284. The van der Waals surface area contributed by atoms with Crippen LogP contribution in [0.2, 0.25) is 0 Å². The van der Waals surface area contributed by atoms with Crippen LogP contribution in [0.4, 0.5) is 0 Å². The van der Waals surface area contributed by atoms with Crippen LogP contribution in [0.15, 0.2) is 18.6 Å². The van der Waals surface area contributed by atoms with E-state index < -0.39 is 92.1 Å². The fourth-order valence-electron chi connectivity index (χ4n) is 6.15. The van der Waals surface area contributed by atoms with Crippen molar-refractivity contribution in [3.05, 3.63) is 35.7 Å². The van der Waals surface area contributed by atoms with Crippen LogP contribution < -0.4 is 0 Å². The molecule has 6 heterocycles. The van der Waals surface area contributed by atoms with Crippen molar-refractivity contribution in [2.75, 3.05) is 0 Å². The van der Waals surface area contributed by atoms with Gasteiger partial charge in [0.25, 0.3) is 0 Å². The molecule has 6 rings (SSSR count). The Kier molecular flexibility index (Phi) is 11.9. The third-order valence-corrected chi connectivity index (χ3v) is 9.08. The van der Waals surface area contributed by atoms with Crippen molar-refractivity contribution in [3.8, 4) is 0 Å². The van der Waals surface area contributed by atoms with Gasteiger partial charge in [0, 0.05) is 38.2 Å². The standard InChI is InChI=1S/C27H42N10O15/c38-16-13(50-25(47)22(44)19(16)41)7-35-4-10(28-31-35)1-34(2-11-5-36(32-29-11)8-14-17(39)20(42)23(45)26(48)51-14)3-12-6-37(33-30-12)9-15-18(40)21(43)24(46)27(49)52-15/h4-6,13-27,38-49H,1-3,7-9H2. The van der Waals surface area contributed by atoms with E-state index in [2.05, 4.69) is 30.9 Å². The third kappa shape index (κ3) is 8.44. The van der Waals surface area contributed by atoms with Gasteiger partial charge in [-0.15, -0.1) is 15.3 Å². The van der Waals surface area contributed by atoms with E-state index in [4.69, 9.17) is 14.2 Å². The van der Waals surface area contributed by atoms with E-state index in [9.17, 15) is 61.3 Å². The second-order valence-electron chi connectivity index (χ2n) is 13.1. The molecule has 0 radical (unpaired) electrons. The predicted molar refractivity (Wildman–Crippen MR) is 160 cm³/mol. The van der Waals surface area contributed by atoms with Gasteiger partial charge in [0.05, 0.1) is 36.7 Å². The monoisotopic (exact) mass is 746 g/mol. The number of aliphatic hydroxyl groups is 12. The Morgan fingerprint density at radius 2 is 0.692 bits per heavy atom. The highest BCUT2D eigenvalue weighted by molar-refractivity contribution is 5.01. The quantitative estimate of drug-likeness (QED) is 0.0818. The average Bonchev–Trinajstić information content (AvgIpc) is 3.87. The second-order valence-corrected chi connectivity index (χ2v) is 13.1.